The fraction of sp³-hybridized carbons (Fsp3) is 0.350. The lowest BCUT2D eigenvalue weighted by Crippen LogP contribution is -2.50. The fourth-order valence-corrected chi connectivity index (χ4v) is 5.16. The topological polar surface area (TPSA) is 74.5 Å². The normalized spacial score (nSPS) is 15.3. The first-order chi connectivity index (χ1) is 14.2. The van der Waals surface area contributed by atoms with Gasteiger partial charge in [0.1, 0.15) is 5.76 Å². The van der Waals surface area contributed by atoms with Crippen LogP contribution in [0.3, 0.4) is 0 Å². The molecule has 0 spiro atoms. The summed E-state index contributed by atoms with van der Waals surface area (Å²) in [5.74, 6) is 0.996. The van der Waals surface area contributed by atoms with E-state index in [2.05, 4.69) is 32.5 Å². The highest BCUT2D eigenvalue weighted by Gasteiger charge is 2.26. The Morgan fingerprint density at radius 3 is 2.69 bits per heavy atom. The van der Waals surface area contributed by atoms with Crippen molar-refractivity contribution in [2.24, 2.45) is 0 Å². The summed E-state index contributed by atoms with van der Waals surface area (Å²) in [5.41, 5.74) is 1.21. The van der Waals surface area contributed by atoms with Crippen LogP contribution in [0.5, 0.6) is 0 Å². The fourth-order valence-electron chi connectivity index (χ4n) is 3.19. The number of carbonyl (C=O) groups excluding carboxylic acids is 1. The first-order valence-corrected chi connectivity index (χ1v) is 11.2. The van der Waals surface area contributed by atoms with Gasteiger partial charge in [-0.2, -0.15) is 0 Å². The lowest BCUT2D eigenvalue weighted by atomic mass is 10.2. The molecule has 1 atom stereocenters. The first-order valence-electron chi connectivity index (χ1n) is 9.54. The van der Waals surface area contributed by atoms with E-state index in [1.807, 2.05) is 42.2 Å². The minimum absolute atomic E-state index is 0.156. The van der Waals surface area contributed by atoms with Crippen molar-refractivity contribution in [2.75, 3.05) is 36.4 Å². The van der Waals surface area contributed by atoms with Crippen LogP contribution in [0.15, 0.2) is 57.5 Å². The Kier molecular flexibility index (Phi) is 6.36. The SMILES string of the molecule is C[C@H](Sc1nnc(NCc2ccco2)s1)C(=O)N1CCN(c2ccccc2)CC1. The van der Waals surface area contributed by atoms with Crippen LogP contribution < -0.4 is 10.2 Å². The van der Waals surface area contributed by atoms with E-state index < -0.39 is 0 Å². The molecule has 7 nitrogen and oxygen atoms in total. The Labute approximate surface area is 178 Å². The molecular formula is C20H23N5O2S2. The number of carbonyl (C=O) groups is 1. The number of hydrogen-bond acceptors (Lipinski definition) is 8. The van der Waals surface area contributed by atoms with E-state index in [0.29, 0.717) is 6.54 Å². The van der Waals surface area contributed by atoms with Crippen LogP contribution in [0.25, 0.3) is 0 Å². The maximum absolute atomic E-state index is 12.8. The van der Waals surface area contributed by atoms with Crippen molar-refractivity contribution in [1.29, 1.82) is 0 Å². The van der Waals surface area contributed by atoms with E-state index in [1.54, 1.807) is 6.26 Å². The van der Waals surface area contributed by atoms with Gasteiger partial charge in [0.15, 0.2) is 4.34 Å². The van der Waals surface area contributed by atoms with Gasteiger partial charge in [0.05, 0.1) is 18.1 Å². The molecule has 0 aliphatic carbocycles. The van der Waals surface area contributed by atoms with Gasteiger partial charge in [-0.3, -0.25) is 4.79 Å². The quantitative estimate of drug-likeness (QED) is 0.576. The summed E-state index contributed by atoms with van der Waals surface area (Å²) in [5, 5.41) is 12.1. The van der Waals surface area contributed by atoms with Crippen molar-refractivity contribution in [3.63, 3.8) is 0 Å². The second kappa shape index (κ2) is 9.32. The number of para-hydroxylation sites is 1. The van der Waals surface area contributed by atoms with Crippen molar-refractivity contribution < 1.29 is 9.21 Å². The molecule has 1 aromatic carbocycles. The van der Waals surface area contributed by atoms with Crippen LogP contribution in [-0.2, 0) is 11.3 Å². The molecule has 0 saturated carbocycles. The molecule has 1 saturated heterocycles. The Morgan fingerprint density at radius 1 is 1.17 bits per heavy atom. The Bertz CT molecular complexity index is 908. The zero-order valence-electron chi connectivity index (χ0n) is 16.2. The molecule has 0 radical (unpaired) electrons. The molecule has 1 aliphatic rings. The van der Waals surface area contributed by atoms with E-state index in [-0.39, 0.29) is 11.2 Å². The Morgan fingerprint density at radius 2 is 1.97 bits per heavy atom. The van der Waals surface area contributed by atoms with E-state index in [0.717, 1.165) is 41.4 Å². The van der Waals surface area contributed by atoms with Gasteiger partial charge >= 0.3 is 0 Å². The molecule has 3 aromatic rings. The summed E-state index contributed by atoms with van der Waals surface area (Å²) in [7, 11) is 0. The molecule has 1 amide bonds. The van der Waals surface area contributed by atoms with Crippen LogP contribution in [0, 0.1) is 0 Å². The zero-order chi connectivity index (χ0) is 20.1. The second-order valence-electron chi connectivity index (χ2n) is 6.71. The molecule has 29 heavy (non-hydrogen) atoms. The molecule has 1 aliphatic heterocycles. The van der Waals surface area contributed by atoms with Crippen LogP contribution in [0.4, 0.5) is 10.8 Å². The number of anilines is 2. The van der Waals surface area contributed by atoms with Crippen molar-refractivity contribution >= 4 is 39.8 Å². The lowest BCUT2D eigenvalue weighted by molar-refractivity contribution is -0.130. The third kappa shape index (κ3) is 5.10. The monoisotopic (exact) mass is 429 g/mol. The molecule has 0 bridgehead atoms. The largest absolute Gasteiger partial charge is 0.467 e. The predicted molar refractivity (Wildman–Crippen MR) is 116 cm³/mol. The highest BCUT2D eigenvalue weighted by molar-refractivity contribution is 8.02. The van der Waals surface area contributed by atoms with Gasteiger partial charge in [0, 0.05) is 31.9 Å². The van der Waals surface area contributed by atoms with Crippen LogP contribution in [-0.4, -0.2) is 52.4 Å². The van der Waals surface area contributed by atoms with Crippen molar-refractivity contribution in [1.82, 2.24) is 15.1 Å². The standard InChI is InChI=1S/C20H23N5O2S2/c1-15(28-20-23-22-19(29-20)21-14-17-8-5-13-27-17)18(26)25-11-9-24(10-12-25)16-6-3-2-4-7-16/h2-8,13,15H,9-12,14H2,1H3,(H,21,22)/t15-/m0/s1. The van der Waals surface area contributed by atoms with Gasteiger partial charge in [-0.1, -0.05) is 41.3 Å². The molecular weight excluding hydrogens is 406 g/mol. The number of amides is 1. The minimum atomic E-state index is -0.191. The molecule has 4 rings (SSSR count). The second-order valence-corrected chi connectivity index (χ2v) is 9.28. The lowest BCUT2D eigenvalue weighted by Gasteiger charge is -2.37. The van der Waals surface area contributed by atoms with E-state index >= 15 is 0 Å². The van der Waals surface area contributed by atoms with Crippen molar-refractivity contribution in [3.8, 4) is 0 Å². The Hall–Kier alpha value is -2.52. The molecule has 1 N–H and O–H groups in total. The number of rotatable bonds is 7. The van der Waals surface area contributed by atoms with Gasteiger partial charge in [0.25, 0.3) is 0 Å². The molecule has 1 fully saturated rings. The summed E-state index contributed by atoms with van der Waals surface area (Å²) < 4.78 is 6.08. The highest BCUT2D eigenvalue weighted by atomic mass is 32.2. The average Bonchev–Trinajstić information content (AvgIpc) is 3.44. The predicted octanol–water partition coefficient (Wildman–Crippen LogP) is 3.57. The van der Waals surface area contributed by atoms with Crippen molar-refractivity contribution in [2.45, 2.75) is 23.1 Å². The average molecular weight is 430 g/mol. The summed E-state index contributed by atoms with van der Waals surface area (Å²) in [6.45, 7) is 5.69. The van der Waals surface area contributed by atoms with E-state index in [1.165, 1.54) is 28.8 Å². The minimum Gasteiger partial charge on any atom is -0.467 e. The molecule has 9 heteroatoms. The summed E-state index contributed by atoms with van der Waals surface area (Å²) in [6.07, 6.45) is 1.64. The van der Waals surface area contributed by atoms with Gasteiger partial charge < -0.3 is 19.5 Å². The number of nitrogens with one attached hydrogen (secondary N) is 1. The summed E-state index contributed by atoms with van der Waals surface area (Å²) >= 11 is 2.92. The molecule has 0 unspecified atom stereocenters. The summed E-state index contributed by atoms with van der Waals surface area (Å²) in [4.78, 5) is 17.1. The summed E-state index contributed by atoms with van der Waals surface area (Å²) in [6, 6.07) is 14.1. The molecule has 2 aromatic heterocycles. The van der Waals surface area contributed by atoms with Gasteiger partial charge in [-0.25, -0.2) is 0 Å². The number of piperazine rings is 1. The zero-order valence-corrected chi connectivity index (χ0v) is 17.8. The van der Waals surface area contributed by atoms with Crippen LogP contribution >= 0.6 is 23.1 Å². The van der Waals surface area contributed by atoms with Gasteiger partial charge in [-0.05, 0) is 31.2 Å². The third-order valence-electron chi connectivity index (χ3n) is 4.74. The number of thioether (sulfide) groups is 1. The highest BCUT2D eigenvalue weighted by Crippen LogP contribution is 2.30. The van der Waals surface area contributed by atoms with Gasteiger partial charge in [-0.15, -0.1) is 10.2 Å². The number of furan rings is 1. The number of nitrogens with zero attached hydrogens (tertiary/aromatic N) is 4. The molecule has 152 valence electrons. The van der Waals surface area contributed by atoms with Gasteiger partial charge in [0.2, 0.25) is 11.0 Å². The van der Waals surface area contributed by atoms with Crippen molar-refractivity contribution in [3.05, 3.63) is 54.5 Å². The molecule has 3 heterocycles. The third-order valence-corrected chi connectivity index (χ3v) is 6.79. The number of aromatic nitrogens is 2. The Balaban J connectivity index is 1.25. The first kappa shape index (κ1) is 19.8. The number of hydrogen-bond donors (Lipinski definition) is 1. The van der Waals surface area contributed by atoms with E-state index in [9.17, 15) is 4.79 Å². The maximum Gasteiger partial charge on any atom is 0.235 e. The van der Waals surface area contributed by atoms with Crippen LogP contribution in [0.2, 0.25) is 0 Å². The number of benzene rings is 1. The smallest absolute Gasteiger partial charge is 0.235 e. The maximum atomic E-state index is 12.8. The van der Waals surface area contributed by atoms with Crippen LogP contribution in [0.1, 0.15) is 12.7 Å². The van der Waals surface area contributed by atoms with E-state index in [4.69, 9.17) is 4.42 Å².